The van der Waals surface area contributed by atoms with E-state index in [1.54, 1.807) is 0 Å². The predicted molar refractivity (Wildman–Crippen MR) is 69.8 cm³/mol. The molecule has 1 saturated carbocycles. The molecule has 2 rings (SSSR count). The molecule has 1 aromatic carbocycles. The van der Waals surface area contributed by atoms with Gasteiger partial charge in [-0.15, -0.1) is 0 Å². The van der Waals surface area contributed by atoms with E-state index in [4.69, 9.17) is 11.6 Å². The van der Waals surface area contributed by atoms with Crippen molar-refractivity contribution >= 4 is 11.6 Å². The predicted octanol–water partition coefficient (Wildman–Crippen LogP) is 4.18. The van der Waals surface area contributed by atoms with Gasteiger partial charge < -0.3 is 5.32 Å². The summed E-state index contributed by atoms with van der Waals surface area (Å²) in [7, 11) is 0. The largest absolute Gasteiger partial charge is 0.310 e. The summed E-state index contributed by atoms with van der Waals surface area (Å²) in [5.74, 6) is 0.845. The lowest BCUT2D eigenvalue weighted by atomic mass is 10.0. The van der Waals surface area contributed by atoms with E-state index in [9.17, 15) is 0 Å². The van der Waals surface area contributed by atoms with Gasteiger partial charge in [-0.05, 0) is 49.4 Å². The first-order valence-corrected chi connectivity index (χ1v) is 6.68. The van der Waals surface area contributed by atoms with Gasteiger partial charge >= 0.3 is 0 Å². The van der Waals surface area contributed by atoms with Gasteiger partial charge in [-0.3, -0.25) is 0 Å². The molecular weight excluding hydrogens is 218 g/mol. The SMILES string of the molecule is CCCCNC(c1ccc(Cl)cc1)C1CC1. The number of unbranched alkanes of at least 4 members (excludes halogenated alkanes) is 1. The molecule has 0 radical (unpaired) electrons. The zero-order valence-electron chi connectivity index (χ0n) is 9.88. The third kappa shape index (κ3) is 3.23. The van der Waals surface area contributed by atoms with Crippen molar-refractivity contribution in [2.75, 3.05) is 6.54 Å². The first-order chi connectivity index (χ1) is 7.81. The van der Waals surface area contributed by atoms with Gasteiger partial charge in [0.05, 0.1) is 0 Å². The van der Waals surface area contributed by atoms with Crippen LogP contribution in [0.5, 0.6) is 0 Å². The Balaban J connectivity index is 1.98. The highest BCUT2D eigenvalue weighted by Crippen LogP contribution is 2.41. The minimum atomic E-state index is 0.545. The fourth-order valence-electron chi connectivity index (χ4n) is 2.09. The van der Waals surface area contributed by atoms with E-state index in [-0.39, 0.29) is 0 Å². The first kappa shape index (κ1) is 11.9. The number of hydrogen-bond donors (Lipinski definition) is 1. The molecule has 0 saturated heterocycles. The van der Waals surface area contributed by atoms with Crippen molar-refractivity contribution in [2.24, 2.45) is 5.92 Å². The van der Waals surface area contributed by atoms with Crippen molar-refractivity contribution in [3.05, 3.63) is 34.9 Å². The second kappa shape index (κ2) is 5.70. The molecule has 1 nitrogen and oxygen atoms in total. The zero-order chi connectivity index (χ0) is 11.4. The van der Waals surface area contributed by atoms with Gasteiger partial charge in [-0.2, -0.15) is 0 Å². The van der Waals surface area contributed by atoms with E-state index in [0.29, 0.717) is 6.04 Å². The summed E-state index contributed by atoms with van der Waals surface area (Å²) in [6.07, 6.45) is 5.25. The van der Waals surface area contributed by atoms with Gasteiger partial charge in [0, 0.05) is 11.1 Å². The summed E-state index contributed by atoms with van der Waals surface area (Å²) in [5, 5.41) is 4.50. The molecule has 2 heteroatoms. The van der Waals surface area contributed by atoms with Gasteiger partial charge in [-0.25, -0.2) is 0 Å². The van der Waals surface area contributed by atoms with Crippen LogP contribution in [-0.4, -0.2) is 6.54 Å². The van der Waals surface area contributed by atoms with Crippen LogP contribution in [0.2, 0.25) is 5.02 Å². The van der Waals surface area contributed by atoms with E-state index in [1.165, 1.54) is 31.2 Å². The summed E-state index contributed by atoms with van der Waals surface area (Å²) in [4.78, 5) is 0. The maximum absolute atomic E-state index is 5.92. The van der Waals surface area contributed by atoms with Crippen molar-refractivity contribution in [2.45, 2.75) is 38.6 Å². The minimum absolute atomic E-state index is 0.545. The lowest BCUT2D eigenvalue weighted by Crippen LogP contribution is -2.24. The normalized spacial score (nSPS) is 17.4. The lowest BCUT2D eigenvalue weighted by molar-refractivity contribution is 0.473. The van der Waals surface area contributed by atoms with Gasteiger partial charge in [-0.1, -0.05) is 37.1 Å². The molecule has 88 valence electrons. The Morgan fingerprint density at radius 1 is 1.31 bits per heavy atom. The Morgan fingerprint density at radius 2 is 2.00 bits per heavy atom. The quantitative estimate of drug-likeness (QED) is 0.732. The van der Waals surface area contributed by atoms with Crippen LogP contribution in [0, 0.1) is 5.92 Å². The van der Waals surface area contributed by atoms with Gasteiger partial charge in [0.1, 0.15) is 0 Å². The van der Waals surface area contributed by atoms with Crippen LogP contribution in [0.25, 0.3) is 0 Å². The number of hydrogen-bond acceptors (Lipinski definition) is 1. The Morgan fingerprint density at radius 3 is 2.56 bits per heavy atom. The zero-order valence-corrected chi connectivity index (χ0v) is 10.6. The molecule has 1 aliphatic rings. The summed E-state index contributed by atoms with van der Waals surface area (Å²) >= 11 is 5.92. The standard InChI is InChI=1S/C14H20ClN/c1-2-3-10-16-14(11-4-5-11)12-6-8-13(15)9-7-12/h6-9,11,14,16H,2-5,10H2,1H3. The monoisotopic (exact) mass is 237 g/mol. The summed E-state index contributed by atoms with van der Waals surface area (Å²) in [5.41, 5.74) is 1.39. The summed E-state index contributed by atoms with van der Waals surface area (Å²) in [6, 6.07) is 8.85. The van der Waals surface area contributed by atoms with Crippen molar-refractivity contribution in [3.63, 3.8) is 0 Å². The maximum atomic E-state index is 5.92. The van der Waals surface area contributed by atoms with Gasteiger partial charge in [0.15, 0.2) is 0 Å². The Kier molecular flexibility index (Phi) is 4.25. The van der Waals surface area contributed by atoms with Crippen LogP contribution < -0.4 is 5.32 Å². The molecule has 1 unspecified atom stereocenters. The van der Waals surface area contributed by atoms with Crippen molar-refractivity contribution in [1.29, 1.82) is 0 Å². The second-order valence-corrected chi connectivity index (χ2v) is 5.11. The van der Waals surface area contributed by atoms with Crippen molar-refractivity contribution in [1.82, 2.24) is 5.32 Å². The Labute approximate surface area is 103 Å². The molecule has 16 heavy (non-hydrogen) atoms. The maximum Gasteiger partial charge on any atom is 0.0406 e. The second-order valence-electron chi connectivity index (χ2n) is 4.67. The van der Waals surface area contributed by atoms with Gasteiger partial charge in [0.25, 0.3) is 0 Å². The van der Waals surface area contributed by atoms with E-state index >= 15 is 0 Å². The highest BCUT2D eigenvalue weighted by molar-refractivity contribution is 6.30. The summed E-state index contributed by atoms with van der Waals surface area (Å²) in [6.45, 7) is 3.36. The highest BCUT2D eigenvalue weighted by Gasteiger charge is 2.31. The molecule has 0 bridgehead atoms. The number of nitrogens with one attached hydrogen (secondary N) is 1. The lowest BCUT2D eigenvalue weighted by Gasteiger charge is -2.18. The van der Waals surface area contributed by atoms with E-state index < -0.39 is 0 Å². The first-order valence-electron chi connectivity index (χ1n) is 6.30. The molecule has 1 N–H and O–H groups in total. The fraction of sp³-hybridized carbons (Fsp3) is 0.571. The third-order valence-corrected chi connectivity index (χ3v) is 3.47. The highest BCUT2D eigenvalue weighted by atomic mass is 35.5. The van der Waals surface area contributed by atoms with Crippen LogP contribution in [-0.2, 0) is 0 Å². The van der Waals surface area contributed by atoms with Gasteiger partial charge in [0.2, 0.25) is 0 Å². The Bertz CT molecular complexity index is 316. The van der Waals surface area contributed by atoms with Crippen LogP contribution >= 0.6 is 11.6 Å². The molecule has 0 amide bonds. The van der Waals surface area contributed by atoms with Crippen LogP contribution in [0.15, 0.2) is 24.3 Å². The fourth-order valence-corrected chi connectivity index (χ4v) is 2.22. The number of benzene rings is 1. The molecule has 1 aliphatic carbocycles. The summed E-state index contributed by atoms with van der Waals surface area (Å²) < 4.78 is 0. The van der Waals surface area contributed by atoms with Crippen LogP contribution in [0.4, 0.5) is 0 Å². The van der Waals surface area contributed by atoms with Crippen molar-refractivity contribution < 1.29 is 0 Å². The molecule has 0 heterocycles. The number of halogens is 1. The van der Waals surface area contributed by atoms with Crippen LogP contribution in [0.1, 0.15) is 44.2 Å². The molecule has 1 aromatic rings. The Hall–Kier alpha value is -0.530. The van der Waals surface area contributed by atoms with Crippen LogP contribution in [0.3, 0.4) is 0 Å². The molecule has 0 aliphatic heterocycles. The van der Waals surface area contributed by atoms with E-state index in [0.717, 1.165) is 17.5 Å². The van der Waals surface area contributed by atoms with Crippen molar-refractivity contribution in [3.8, 4) is 0 Å². The van der Waals surface area contributed by atoms with E-state index in [2.05, 4.69) is 24.4 Å². The molecule has 1 atom stereocenters. The molecule has 0 spiro atoms. The molecule has 0 aromatic heterocycles. The third-order valence-electron chi connectivity index (χ3n) is 3.22. The van der Waals surface area contributed by atoms with E-state index in [1.807, 2.05) is 12.1 Å². The topological polar surface area (TPSA) is 12.0 Å². The molecular formula is C14H20ClN. The number of rotatable bonds is 6. The average Bonchev–Trinajstić information content (AvgIpc) is 3.10. The smallest absolute Gasteiger partial charge is 0.0406 e. The molecule has 1 fully saturated rings. The average molecular weight is 238 g/mol. The minimum Gasteiger partial charge on any atom is -0.310 e.